The number of rotatable bonds is 2. The van der Waals surface area contributed by atoms with Crippen LogP contribution in [0.2, 0.25) is 0 Å². The summed E-state index contributed by atoms with van der Waals surface area (Å²) in [5.41, 5.74) is 0.692. The minimum Gasteiger partial charge on any atom is -0.388 e. The molecule has 0 heterocycles. The smallest absolute Gasteiger partial charge is 0.181 e. The molecule has 0 unspecified atom stereocenters. The number of nitrogens with one attached hydrogen (secondary N) is 2. The molecule has 0 aromatic heterocycles. The van der Waals surface area contributed by atoms with Crippen LogP contribution in [0.3, 0.4) is 0 Å². The molecule has 0 saturated heterocycles. The van der Waals surface area contributed by atoms with Crippen LogP contribution >= 0.6 is 0 Å². The molecule has 0 spiro atoms. The predicted molar refractivity (Wildman–Crippen MR) is 45.5 cm³/mol. The van der Waals surface area contributed by atoms with Gasteiger partial charge in [0.1, 0.15) is 0 Å². The van der Waals surface area contributed by atoms with Crippen LogP contribution in [-0.4, -0.2) is 14.1 Å². The fraction of sp³-hybridized carbons (Fsp3) is 0.250. The lowest BCUT2D eigenvalue weighted by molar-refractivity contribution is 0.512. The first kappa shape index (κ1) is 8.77. The number of hydrogen-bond acceptors (Lipinski definition) is 2. The van der Waals surface area contributed by atoms with Crippen molar-refractivity contribution >= 4 is 11.4 Å². The number of benzene rings is 1. The zero-order valence-corrected chi connectivity index (χ0v) is 6.91. The molecule has 66 valence electrons. The zero-order chi connectivity index (χ0) is 9.14. The molecule has 0 atom stereocenters. The van der Waals surface area contributed by atoms with Crippen molar-refractivity contribution in [1.29, 1.82) is 0 Å². The van der Waals surface area contributed by atoms with E-state index in [9.17, 15) is 8.78 Å². The van der Waals surface area contributed by atoms with Crippen molar-refractivity contribution < 1.29 is 8.78 Å². The molecule has 0 bridgehead atoms. The van der Waals surface area contributed by atoms with Crippen LogP contribution in [0.1, 0.15) is 0 Å². The van der Waals surface area contributed by atoms with E-state index in [1.165, 1.54) is 13.1 Å². The van der Waals surface area contributed by atoms with E-state index in [-0.39, 0.29) is 5.69 Å². The number of hydrogen-bond donors (Lipinski definition) is 2. The third-order valence-electron chi connectivity index (χ3n) is 1.59. The van der Waals surface area contributed by atoms with Gasteiger partial charge in [0.25, 0.3) is 0 Å². The summed E-state index contributed by atoms with van der Waals surface area (Å²) in [4.78, 5) is 0. The highest BCUT2D eigenvalue weighted by molar-refractivity contribution is 5.57. The minimum atomic E-state index is -0.855. The first-order valence-corrected chi connectivity index (χ1v) is 3.53. The van der Waals surface area contributed by atoms with Crippen molar-refractivity contribution in [3.63, 3.8) is 0 Å². The molecule has 0 aliphatic heterocycles. The second kappa shape index (κ2) is 3.38. The largest absolute Gasteiger partial charge is 0.388 e. The summed E-state index contributed by atoms with van der Waals surface area (Å²) in [6.07, 6.45) is 0. The van der Waals surface area contributed by atoms with Gasteiger partial charge in [-0.25, -0.2) is 8.78 Å². The van der Waals surface area contributed by atoms with Crippen molar-refractivity contribution in [3.05, 3.63) is 23.8 Å². The van der Waals surface area contributed by atoms with Crippen LogP contribution in [0.25, 0.3) is 0 Å². The lowest BCUT2D eigenvalue weighted by atomic mass is 10.2. The molecule has 2 nitrogen and oxygen atoms in total. The summed E-state index contributed by atoms with van der Waals surface area (Å²) in [5, 5.41) is 5.28. The topological polar surface area (TPSA) is 24.1 Å². The molecule has 12 heavy (non-hydrogen) atoms. The van der Waals surface area contributed by atoms with Crippen molar-refractivity contribution in [2.24, 2.45) is 0 Å². The maximum absolute atomic E-state index is 12.9. The van der Waals surface area contributed by atoms with Crippen LogP contribution in [0.5, 0.6) is 0 Å². The van der Waals surface area contributed by atoms with E-state index in [0.717, 1.165) is 6.07 Å². The maximum Gasteiger partial charge on any atom is 0.181 e. The highest BCUT2D eigenvalue weighted by atomic mass is 19.2. The van der Waals surface area contributed by atoms with Gasteiger partial charge in [-0.15, -0.1) is 0 Å². The fourth-order valence-corrected chi connectivity index (χ4v) is 0.915. The molecule has 0 aliphatic carbocycles. The Morgan fingerprint density at radius 3 is 2.25 bits per heavy atom. The van der Waals surface area contributed by atoms with E-state index in [4.69, 9.17) is 0 Å². The third-order valence-corrected chi connectivity index (χ3v) is 1.59. The van der Waals surface area contributed by atoms with Crippen LogP contribution in [0, 0.1) is 11.6 Å². The van der Waals surface area contributed by atoms with E-state index in [1.807, 2.05) is 0 Å². The summed E-state index contributed by atoms with van der Waals surface area (Å²) in [6, 6.07) is 2.61. The quantitative estimate of drug-likeness (QED) is 0.713. The normalized spacial score (nSPS) is 9.67. The first-order valence-electron chi connectivity index (χ1n) is 3.53. The fourth-order valence-electron chi connectivity index (χ4n) is 0.915. The highest BCUT2D eigenvalue weighted by Gasteiger charge is 2.08. The third kappa shape index (κ3) is 1.47. The molecule has 2 N–H and O–H groups in total. The lowest BCUT2D eigenvalue weighted by Crippen LogP contribution is -1.98. The van der Waals surface area contributed by atoms with Gasteiger partial charge >= 0.3 is 0 Å². The summed E-state index contributed by atoms with van der Waals surface area (Å²) in [5.74, 6) is -1.71. The van der Waals surface area contributed by atoms with E-state index in [0.29, 0.717) is 5.69 Å². The Morgan fingerprint density at radius 1 is 1.08 bits per heavy atom. The molecule has 1 aromatic rings. The van der Waals surface area contributed by atoms with Gasteiger partial charge in [0.15, 0.2) is 11.6 Å². The van der Waals surface area contributed by atoms with Crippen molar-refractivity contribution in [2.45, 2.75) is 0 Å². The van der Waals surface area contributed by atoms with Crippen molar-refractivity contribution in [3.8, 4) is 0 Å². The Kier molecular flexibility index (Phi) is 2.47. The van der Waals surface area contributed by atoms with Crippen LogP contribution < -0.4 is 10.6 Å². The summed E-state index contributed by atoms with van der Waals surface area (Å²) in [6.45, 7) is 0. The van der Waals surface area contributed by atoms with Gasteiger partial charge in [0, 0.05) is 25.8 Å². The standard InChI is InChI=1S/C8H10F2N2/c1-11-5-3-6(9)8(10)7(4-5)12-2/h3-4,11-12H,1-2H3. The Labute approximate surface area is 69.6 Å². The van der Waals surface area contributed by atoms with Gasteiger partial charge in [-0.05, 0) is 6.07 Å². The second-order valence-electron chi connectivity index (χ2n) is 2.32. The van der Waals surface area contributed by atoms with Gasteiger partial charge in [-0.1, -0.05) is 0 Å². The van der Waals surface area contributed by atoms with Gasteiger partial charge < -0.3 is 10.6 Å². The van der Waals surface area contributed by atoms with Crippen molar-refractivity contribution in [1.82, 2.24) is 0 Å². The van der Waals surface area contributed by atoms with Gasteiger partial charge in [0.2, 0.25) is 0 Å². The summed E-state index contributed by atoms with van der Waals surface area (Å²) in [7, 11) is 3.18. The lowest BCUT2D eigenvalue weighted by Gasteiger charge is -2.06. The highest BCUT2D eigenvalue weighted by Crippen LogP contribution is 2.21. The number of anilines is 2. The van der Waals surface area contributed by atoms with E-state index >= 15 is 0 Å². The Balaban J connectivity index is 3.19. The molecule has 1 aromatic carbocycles. The molecule has 0 fully saturated rings. The number of halogens is 2. The maximum atomic E-state index is 12.9. The van der Waals surface area contributed by atoms with Crippen molar-refractivity contribution in [2.75, 3.05) is 24.7 Å². The average molecular weight is 172 g/mol. The van der Waals surface area contributed by atoms with Crippen LogP contribution in [0.15, 0.2) is 12.1 Å². The second-order valence-corrected chi connectivity index (χ2v) is 2.32. The summed E-state index contributed by atoms with van der Waals surface area (Å²) >= 11 is 0. The molecular weight excluding hydrogens is 162 g/mol. The molecule has 0 saturated carbocycles. The van der Waals surface area contributed by atoms with E-state index < -0.39 is 11.6 Å². The Morgan fingerprint density at radius 2 is 1.75 bits per heavy atom. The first-order chi connectivity index (χ1) is 5.69. The molecular formula is C8H10F2N2. The zero-order valence-electron chi connectivity index (χ0n) is 6.91. The molecule has 0 amide bonds. The predicted octanol–water partition coefficient (Wildman–Crippen LogP) is 2.05. The molecule has 1 rings (SSSR count). The van der Waals surface area contributed by atoms with Crippen LogP contribution in [-0.2, 0) is 0 Å². The van der Waals surface area contributed by atoms with E-state index in [1.54, 1.807) is 7.05 Å². The monoisotopic (exact) mass is 172 g/mol. The molecule has 0 aliphatic rings. The van der Waals surface area contributed by atoms with E-state index in [2.05, 4.69) is 10.6 Å². The SMILES string of the molecule is CNc1cc(F)c(F)c(NC)c1. The molecule has 4 heteroatoms. The molecule has 0 radical (unpaired) electrons. The Hall–Kier alpha value is -1.32. The minimum absolute atomic E-state index is 0.152. The van der Waals surface area contributed by atoms with Gasteiger partial charge in [0.05, 0.1) is 5.69 Å². The van der Waals surface area contributed by atoms with Gasteiger partial charge in [-0.2, -0.15) is 0 Å². The van der Waals surface area contributed by atoms with Gasteiger partial charge in [-0.3, -0.25) is 0 Å². The Bertz CT molecular complexity index is 287. The average Bonchev–Trinajstić information content (AvgIpc) is 2.09. The van der Waals surface area contributed by atoms with Crippen LogP contribution in [0.4, 0.5) is 20.2 Å². The summed E-state index contributed by atoms with van der Waals surface area (Å²) < 4.78 is 25.6.